The Bertz CT molecular complexity index is 365. The van der Waals surface area contributed by atoms with Gasteiger partial charge in [0.2, 0.25) is 0 Å². The molecule has 84 valence electrons. The van der Waals surface area contributed by atoms with Gasteiger partial charge in [0.25, 0.3) is 6.43 Å². The van der Waals surface area contributed by atoms with Gasteiger partial charge in [0, 0.05) is 13.5 Å². The topological polar surface area (TPSA) is 55.1 Å². The molecule has 1 N–H and O–H groups in total. The van der Waals surface area contributed by atoms with E-state index in [1.807, 2.05) is 0 Å². The number of carboxylic acid groups (broad SMARTS) is 1. The first kappa shape index (κ1) is 11.5. The molecule has 1 aromatic heterocycles. The molecule has 1 heterocycles. The van der Waals surface area contributed by atoms with Crippen LogP contribution in [0.1, 0.15) is 16.1 Å². The Balaban J connectivity index is 2.92. The fraction of sp³-hybridized carbons (Fsp3) is 0.500. The van der Waals surface area contributed by atoms with Crippen molar-refractivity contribution in [3.05, 3.63) is 17.5 Å². The second-order valence-corrected chi connectivity index (χ2v) is 2.99. The molecule has 0 spiro atoms. The summed E-state index contributed by atoms with van der Waals surface area (Å²) in [7, 11) is 1.37. The molecule has 0 aromatic carbocycles. The molecular formula is C8H9F3N2O2. The maximum Gasteiger partial charge on any atom is 0.339 e. The van der Waals surface area contributed by atoms with Gasteiger partial charge in [-0.25, -0.2) is 18.0 Å². The van der Waals surface area contributed by atoms with Crippen LogP contribution in [0.5, 0.6) is 0 Å². The summed E-state index contributed by atoms with van der Waals surface area (Å²) >= 11 is 0. The summed E-state index contributed by atoms with van der Waals surface area (Å²) in [4.78, 5) is 10.6. The predicted octanol–water partition coefficient (Wildman–Crippen LogP) is 1.26. The number of carboxylic acids is 1. The number of alkyl halides is 3. The molecule has 1 unspecified atom stereocenters. The lowest BCUT2D eigenvalue weighted by atomic mass is 10.1. The van der Waals surface area contributed by atoms with Crippen LogP contribution in [0.4, 0.5) is 13.2 Å². The quantitative estimate of drug-likeness (QED) is 0.834. The first-order valence-corrected chi connectivity index (χ1v) is 4.10. The first-order valence-electron chi connectivity index (χ1n) is 4.10. The number of carbonyl (C=O) groups is 1. The minimum atomic E-state index is -3.12. The number of nitrogens with zero attached hydrogens (tertiary/aromatic N) is 2. The fourth-order valence-electron chi connectivity index (χ4n) is 1.16. The number of aromatic carboxylic acids is 1. The van der Waals surface area contributed by atoms with Crippen LogP contribution in [0, 0.1) is 0 Å². The fourth-order valence-corrected chi connectivity index (χ4v) is 1.16. The number of aromatic nitrogens is 2. The number of rotatable bonds is 4. The van der Waals surface area contributed by atoms with Crippen molar-refractivity contribution in [1.82, 2.24) is 9.78 Å². The molecule has 0 bridgehead atoms. The molecule has 0 saturated heterocycles. The second kappa shape index (κ2) is 4.33. The van der Waals surface area contributed by atoms with Crippen LogP contribution in [0.25, 0.3) is 0 Å². The molecule has 0 fully saturated rings. The van der Waals surface area contributed by atoms with E-state index in [1.165, 1.54) is 7.05 Å². The summed E-state index contributed by atoms with van der Waals surface area (Å²) in [6.45, 7) is 0. The zero-order valence-electron chi connectivity index (χ0n) is 7.82. The van der Waals surface area contributed by atoms with Gasteiger partial charge < -0.3 is 5.11 Å². The lowest BCUT2D eigenvalue weighted by Gasteiger charge is -2.07. The molecule has 0 aliphatic rings. The van der Waals surface area contributed by atoms with E-state index in [2.05, 4.69) is 5.10 Å². The van der Waals surface area contributed by atoms with E-state index >= 15 is 0 Å². The van der Waals surface area contributed by atoms with E-state index in [0.717, 1.165) is 10.9 Å². The average molecular weight is 222 g/mol. The predicted molar refractivity (Wildman–Crippen MR) is 44.8 cm³/mol. The van der Waals surface area contributed by atoms with Gasteiger partial charge in [-0.05, 0) is 0 Å². The van der Waals surface area contributed by atoms with Crippen molar-refractivity contribution in [2.45, 2.75) is 19.0 Å². The second-order valence-electron chi connectivity index (χ2n) is 2.99. The average Bonchev–Trinajstić information content (AvgIpc) is 2.48. The maximum atomic E-state index is 12.7. The van der Waals surface area contributed by atoms with E-state index in [1.54, 1.807) is 0 Å². The molecule has 0 radical (unpaired) electrons. The van der Waals surface area contributed by atoms with Gasteiger partial charge in [-0.2, -0.15) is 5.10 Å². The van der Waals surface area contributed by atoms with E-state index in [-0.39, 0.29) is 11.3 Å². The highest BCUT2D eigenvalue weighted by atomic mass is 19.3. The molecule has 1 atom stereocenters. The van der Waals surface area contributed by atoms with Crippen LogP contribution in [-0.4, -0.2) is 33.5 Å². The number of aryl methyl sites for hydroxylation is 1. The summed E-state index contributed by atoms with van der Waals surface area (Å²) in [5, 5.41) is 12.2. The lowest BCUT2D eigenvalue weighted by molar-refractivity contribution is 0.0487. The third-order valence-corrected chi connectivity index (χ3v) is 1.95. The maximum absolute atomic E-state index is 12.7. The zero-order valence-corrected chi connectivity index (χ0v) is 7.82. The molecular weight excluding hydrogens is 213 g/mol. The van der Waals surface area contributed by atoms with Crippen molar-refractivity contribution in [3.63, 3.8) is 0 Å². The van der Waals surface area contributed by atoms with Gasteiger partial charge >= 0.3 is 5.97 Å². The third kappa shape index (κ3) is 2.48. The van der Waals surface area contributed by atoms with Gasteiger partial charge in [-0.1, -0.05) is 0 Å². The van der Waals surface area contributed by atoms with Crippen LogP contribution in [-0.2, 0) is 13.5 Å². The smallest absolute Gasteiger partial charge is 0.339 e. The Morgan fingerprint density at radius 2 is 2.20 bits per heavy atom. The van der Waals surface area contributed by atoms with Crippen molar-refractivity contribution in [1.29, 1.82) is 0 Å². The minimum Gasteiger partial charge on any atom is -0.478 e. The van der Waals surface area contributed by atoms with Crippen molar-refractivity contribution in [3.8, 4) is 0 Å². The molecule has 7 heteroatoms. The number of halogens is 3. The molecule has 1 aromatic rings. The van der Waals surface area contributed by atoms with E-state index in [9.17, 15) is 18.0 Å². The lowest BCUT2D eigenvalue weighted by Crippen LogP contribution is -2.18. The molecule has 0 aliphatic carbocycles. The summed E-state index contributed by atoms with van der Waals surface area (Å²) in [6, 6.07) is 0. The summed E-state index contributed by atoms with van der Waals surface area (Å²) in [6.07, 6.45) is -5.15. The number of hydrogen-bond donors (Lipinski definition) is 1. The van der Waals surface area contributed by atoms with Gasteiger partial charge in [0.15, 0.2) is 6.17 Å². The van der Waals surface area contributed by atoms with Crippen molar-refractivity contribution >= 4 is 5.97 Å². The largest absolute Gasteiger partial charge is 0.478 e. The first-order chi connectivity index (χ1) is 6.93. The summed E-state index contributed by atoms with van der Waals surface area (Å²) in [5.41, 5.74) is -0.295. The van der Waals surface area contributed by atoms with E-state index in [0.29, 0.717) is 0 Å². The Morgan fingerprint density at radius 1 is 1.60 bits per heavy atom. The van der Waals surface area contributed by atoms with Crippen molar-refractivity contribution in [2.75, 3.05) is 0 Å². The summed E-state index contributed by atoms with van der Waals surface area (Å²) in [5.74, 6) is -1.31. The van der Waals surface area contributed by atoms with Crippen LogP contribution < -0.4 is 0 Å². The Morgan fingerprint density at radius 3 is 2.67 bits per heavy atom. The van der Waals surface area contributed by atoms with Gasteiger partial charge in [-0.3, -0.25) is 4.68 Å². The molecule has 0 amide bonds. The minimum absolute atomic E-state index is 0.0460. The van der Waals surface area contributed by atoms with Gasteiger partial charge in [0.05, 0.1) is 11.9 Å². The van der Waals surface area contributed by atoms with Crippen LogP contribution in [0.15, 0.2) is 6.20 Å². The molecule has 15 heavy (non-hydrogen) atoms. The van der Waals surface area contributed by atoms with Gasteiger partial charge in [0.1, 0.15) is 5.56 Å². The monoisotopic (exact) mass is 222 g/mol. The highest BCUT2D eigenvalue weighted by Crippen LogP contribution is 2.16. The van der Waals surface area contributed by atoms with E-state index < -0.39 is 25.0 Å². The normalized spacial score (nSPS) is 13.1. The molecule has 1 rings (SSSR count). The van der Waals surface area contributed by atoms with Crippen LogP contribution in [0.2, 0.25) is 0 Å². The van der Waals surface area contributed by atoms with Gasteiger partial charge in [-0.15, -0.1) is 0 Å². The Hall–Kier alpha value is -1.53. The Labute approximate surface area is 83.3 Å². The van der Waals surface area contributed by atoms with Crippen molar-refractivity contribution in [2.24, 2.45) is 7.05 Å². The van der Waals surface area contributed by atoms with Crippen LogP contribution >= 0.6 is 0 Å². The third-order valence-electron chi connectivity index (χ3n) is 1.95. The van der Waals surface area contributed by atoms with E-state index in [4.69, 9.17) is 5.11 Å². The zero-order chi connectivity index (χ0) is 11.6. The highest BCUT2D eigenvalue weighted by molar-refractivity contribution is 5.88. The standard InChI is InChI=1S/C8H9F3N2O2/c1-13-6(2-5(9)7(10)11)4(3-12-13)8(14)15/h3,5,7H,2H2,1H3,(H,14,15). The molecule has 0 aliphatic heterocycles. The molecule has 4 nitrogen and oxygen atoms in total. The Kier molecular flexibility index (Phi) is 3.33. The van der Waals surface area contributed by atoms with Crippen LogP contribution in [0.3, 0.4) is 0 Å². The number of hydrogen-bond acceptors (Lipinski definition) is 2. The molecule has 0 saturated carbocycles. The van der Waals surface area contributed by atoms with Crippen molar-refractivity contribution < 1.29 is 23.1 Å². The summed E-state index contributed by atoms with van der Waals surface area (Å²) < 4.78 is 37.7. The highest BCUT2D eigenvalue weighted by Gasteiger charge is 2.24. The SMILES string of the molecule is Cn1ncc(C(=O)O)c1CC(F)C(F)F.